The third-order valence-electron chi connectivity index (χ3n) is 2.77. The first kappa shape index (κ1) is 12.3. The Labute approximate surface area is 107 Å². The van der Waals surface area contributed by atoms with E-state index < -0.39 is 0 Å². The van der Waals surface area contributed by atoms with Crippen LogP contribution in [0.4, 0.5) is 0 Å². The molecule has 17 heavy (non-hydrogen) atoms. The molecule has 0 saturated carbocycles. The molecule has 3 heteroatoms. The summed E-state index contributed by atoms with van der Waals surface area (Å²) >= 11 is 6.20. The van der Waals surface area contributed by atoms with Crippen LogP contribution in [-0.2, 0) is 17.8 Å². The van der Waals surface area contributed by atoms with E-state index in [-0.39, 0.29) is 0 Å². The van der Waals surface area contributed by atoms with Crippen LogP contribution in [0.15, 0.2) is 24.3 Å². The zero-order valence-electron chi connectivity index (χ0n) is 10.2. The van der Waals surface area contributed by atoms with Gasteiger partial charge in [0.1, 0.15) is 5.15 Å². The highest BCUT2D eigenvalue weighted by Crippen LogP contribution is 2.24. The Bertz CT molecular complexity index is 525. The molecule has 0 unspecified atom stereocenters. The summed E-state index contributed by atoms with van der Waals surface area (Å²) in [6.07, 6.45) is 2.04. The minimum atomic E-state index is 0.563. The van der Waals surface area contributed by atoms with Crippen molar-refractivity contribution in [1.29, 1.82) is 0 Å². The van der Waals surface area contributed by atoms with Gasteiger partial charge in [0.2, 0.25) is 0 Å². The number of para-hydroxylation sites is 1. The summed E-state index contributed by atoms with van der Waals surface area (Å²) in [5.41, 5.74) is 3.14. The van der Waals surface area contributed by atoms with E-state index in [4.69, 9.17) is 16.3 Å². The first-order chi connectivity index (χ1) is 8.26. The highest BCUT2D eigenvalue weighted by Gasteiger charge is 2.07. The average molecular weight is 250 g/mol. The number of halogens is 1. The van der Waals surface area contributed by atoms with Gasteiger partial charge >= 0.3 is 0 Å². The number of rotatable bonds is 4. The molecule has 0 spiro atoms. The van der Waals surface area contributed by atoms with Crippen LogP contribution >= 0.6 is 11.6 Å². The molecule has 0 radical (unpaired) electrons. The average Bonchev–Trinajstić information content (AvgIpc) is 2.32. The van der Waals surface area contributed by atoms with Crippen LogP contribution in [0.25, 0.3) is 10.9 Å². The molecule has 2 nitrogen and oxygen atoms in total. The Morgan fingerprint density at radius 2 is 2.12 bits per heavy atom. The van der Waals surface area contributed by atoms with E-state index in [2.05, 4.69) is 24.0 Å². The lowest BCUT2D eigenvalue weighted by molar-refractivity contribution is 0.186. The molecule has 1 aromatic carbocycles. The van der Waals surface area contributed by atoms with Crippen molar-refractivity contribution < 1.29 is 4.74 Å². The molecule has 0 aliphatic carbocycles. The molecule has 2 rings (SSSR count). The number of hydrogen-bond donors (Lipinski definition) is 0. The first-order valence-corrected chi connectivity index (χ1v) is 6.20. The number of fused-ring (bicyclic) bond motifs is 1. The van der Waals surface area contributed by atoms with Crippen molar-refractivity contribution in [3.05, 3.63) is 40.5 Å². The molecule has 1 aromatic heterocycles. The topological polar surface area (TPSA) is 22.1 Å². The van der Waals surface area contributed by atoms with Crippen molar-refractivity contribution in [1.82, 2.24) is 4.98 Å². The maximum atomic E-state index is 6.20. The second-order valence-corrected chi connectivity index (χ2v) is 4.47. The van der Waals surface area contributed by atoms with E-state index in [1.807, 2.05) is 12.1 Å². The van der Waals surface area contributed by atoms with Crippen molar-refractivity contribution in [2.24, 2.45) is 0 Å². The molecule has 0 atom stereocenters. The predicted octanol–water partition coefficient (Wildman–Crippen LogP) is 3.99. The molecule has 1 heterocycles. The largest absolute Gasteiger partial charge is 0.380 e. The van der Waals surface area contributed by atoms with E-state index in [9.17, 15) is 0 Å². The van der Waals surface area contributed by atoms with Gasteiger partial charge in [-0.1, -0.05) is 43.1 Å². The monoisotopic (exact) mass is 249 g/mol. The molecule has 0 bridgehead atoms. The summed E-state index contributed by atoms with van der Waals surface area (Å²) in [4.78, 5) is 4.50. The minimum Gasteiger partial charge on any atom is -0.380 e. The number of ether oxygens (including phenoxy) is 1. The van der Waals surface area contributed by atoms with E-state index in [1.165, 1.54) is 0 Å². The van der Waals surface area contributed by atoms with Crippen molar-refractivity contribution in [3.63, 3.8) is 0 Å². The molecule has 0 saturated heterocycles. The molecule has 2 aromatic rings. The van der Waals surface area contributed by atoms with E-state index in [1.54, 1.807) is 7.11 Å². The summed E-state index contributed by atoms with van der Waals surface area (Å²) in [6.45, 7) is 2.70. The Hall–Kier alpha value is -1.12. The van der Waals surface area contributed by atoms with Crippen molar-refractivity contribution in [2.45, 2.75) is 26.4 Å². The molecule has 0 amide bonds. The van der Waals surface area contributed by atoms with Crippen molar-refractivity contribution in [2.75, 3.05) is 7.11 Å². The SMILES string of the molecule is CCCc1cc2cccc(COC)c2nc1Cl. The van der Waals surface area contributed by atoms with Crippen molar-refractivity contribution >= 4 is 22.5 Å². The summed E-state index contributed by atoms with van der Waals surface area (Å²) in [5.74, 6) is 0. The van der Waals surface area contributed by atoms with Crippen LogP contribution in [0.1, 0.15) is 24.5 Å². The number of aryl methyl sites for hydroxylation is 1. The predicted molar refractivity (Wildman–Crippen MR) is 71.5 cm³/mol. The van der Waals surface area contributed by atoms with E-state index >= 15 is 0 Å². The fraction of sp³-hybridized carbons (Fsp3) is 0.357. The number of pyridine rings is 1. The quantitative estimate of drug-likeness (QED) is 0.765. The van der Waals surface area contributed by atoms with E-state index in [0.717, 1.165) is 34.9 Å². The van der Waals surface area contributed by atoms with Gasteiger partial charge in [-0.25, -0.2) is 4.98 Å². The second kappa shape index (κ2) is 5.48. The van der Waals surface area contributed by atoms with Gasteiger partial charge in [0.15, 0.2) is 0 Å². The van der Waals surface area contributed by atoms with Crippen LogP contribution in [0.2, 0.25) is 5.15 Å². The third-order valence-corrected chi connectivity index (χ3v) is 3.10. The number of hydrogen-bond acceptors (Lipinski definition) is 2. The minimum absolute atomic E-state index is 0.563. The van der Waals surface area contributed by atoms with Gasteiger partial charge in [0.05, 0.1) is 12.1 Å². The third kappa shape index (κ3) is 2.59. The summed E-state index contributed by atoms with van der Waals surface area (Å²) in [5, 5.41) is 1.75. The molecular weight excluding hydrogens is 234 g/mol. The van der Waals surface area contributed by atoms with Gasteiger partial charge < -0.3 is 4.74 Å². The smallest absolute Gasteiger partial charge is 0.132 e. The van der Waals surface area contributed by atoms with Crippen LogP contribution in [0, 0.1) is 0 Å². The summed E-state index contributed by atoms with van der Waals surface area (Å²) < 4.78 is 5.17. The molecule has 0 aliphatic rings. The first-order valence-electron chi connectivity index (χ1n) is 5.82. The molecule has 0 fully saturated rings. The highest BCUT2D eigenvalue weighted by molar-refractivity contribution is 6.30. The zero-order valence-corrected chi connectivity index (χ0v) is 10.9. The maximum absolute atomic E-state index is 6.20. The fourth-order valence-corrected chi connectivity index (χ4v) is 2.23. The molecule has 90 valence electrons. The Morgan fingerprint density at radius 1 is 1.29 bits per heavy atom. The van der Waals surface area contributed by atoms with Gasteiger partial charge in [0.25, 0.3) is 0 Å². The van der Waals surface area contributed by atoms with Crippen LogP contribution in [0.5, 0.6) is 0 Å². The Kier molecular flexibility index (Phi) is 3.97. The van der Waals surface area contributed by atoms with Crippen molar-refractivity contribution in [3.8, 4) is 0 Å². The summed E-state index contributed by atoms with van der Waals surface area (Å²) in [7, 11) is 1.69. The number of aromatic nitrogens is 1. The van der Waals surface area contributed by atoms with Gasteiger partial charge in [0, 0.05) is 18.1 Å². The van der Waals surface area contributed by atoms with Gasteiger partial charge in [-0.05, 0) is 18.1 Å². The van der Waals surface area contributed by atoms with Gasteiger partial charge in [-0.2, -0.15) is 0 Å². The Balaban J connectivity index is 2.56. The maximum Gasteiger partial charge on any atom is 0.132 e. The zero-order chi connectivity index (χ0) is 12.3. The van der Waals surface area contributed by atoms with Gasteiger partial charge in [-0.15, -0.1) is 0 Å². The highest BCUT2D eigenvalue weighted by atomic mass is 35.5. The lowest BCUT2D eigenvalue weighted by Gasteiger charge is -2.08. The van der Waals surface area contributed by atoms with E-state index in [0.29, 0.717) is 11.8 Å². The van der Waals surface area contributed by atoms with Crippen LogP contribution < -0.4 is 0 Å². The lowest BCUT2D eigenvalue weighted by atomic mass is 10.1. The Morgan fingerprint density at radius 3 is 2.82 bits per heavy atom. The fourth-order valence-electron chi connectivity index (χ4n) is 2.00. The standard InChI is InChI=1S/C14H16ClNO/c1-3-5-11-8-10-6-4-7-12(9-17-2)13(10)16-14(11)15/h4,6-8H,3,5,9H2,1-2H3. The molecule has 0 N–H and O–H groups in total. The number of methoxy groups -OCH3 is 1. The summed E-state index contributed by atoms with van der Waals surface area (Å²) in [6, 6.07) is 8.25. The van der Waals surface area contributed by atoms with Gasteiger partial charge in [-0.3, -0.25) is 0 Å². The normalized spacial score (nSPS) is 11.0. The second-order valence-electron chi connectivity index (χ2n) is 4.11. The van der Waals surface area contributed by atoms with Crippen LogP contribution in [0.3, 0.4) is 0 Å². The van der Waals surface area contributed by atoms with Crippen LogP contribution in [-0.4, -0.2) is 12.1 Å². The molecule has 0 aliphatic heterocycles. The molecular formula is C14H16ClNO. The number of benzene rings is 1. The lowest BCUT2D eigenvalue weighted by Crippen LogP contribution is -1.95. The number of nitrogens with zero attached hydrogens (tertiary/aromatic N) is 1.